The summed E-state index contributed by atoms with van der Waals surface area (Å²) < 4.78 is 4.11. The summed E-state index contributed by atoms with van der Waals surface area (Å²) in [5, 5.41) is 4.19. The van der Waals surface area contributed by atoms with Gasteiger partial charge in [0, 0.05) is 52.3 Å². The minimum absolute atomic E-state index is 0. The summed E-state index contributed by atoms with van der Waals surface area (Å²) in [4.78, 5) is 36.6. The first kappa shape index (κ1) is 26.0. The summed E-state index contributed by atoms with van der Waals surface area (Å²) in [5.41, 5.74) is 0.570. The normalized spacial score (nSPS) is 17.6. The van der Waals surface area contributed by atoms with Gasteiger partial charge < -0.3 is 21.2 Å². The average molecular weight is 469 g/mol. The maximum absolute atomic E-state index is 13.3. The number of piperidine rings is 1. The van der Waals surface area contributed by atoms with Crippen LogP contribution in [-0.2, 0) is 0 Å². The van der Waals surface area contributed by atoms with Gasteiger partial charge in [-0.15, -0.1) is 0 Å². The maximum atomic E-state index is 13.3. The molecule has 10 nitrogen and oxygen atoms in total. The highest BCUT2D eigenvalue weighted by atomic mass is 32.2. The zero-order valence-corrected chi connectivity index (χ0v) is 19.7. The van der Waals surface area contributed by atoms with Crippen molar-refractivity contribution < 1.29 is 17.2 Å². The fraction of sp³-hybridized carbons (Fsp3) is 0.619. The molecule has 1 aliphatic carbocycles. The highest BCUT2D eigenvalue weighted by Gasteiger charge is 2.26. The molecule has 0 atom stereocenters. The highest BCUT2D eigenvalue weighted by Crippen LogP contribution is 2.31. The summed E-state index contributed by atoms with van der Waals surface area (Å²) in [7, 11) is 3.33. The molecule has 2 aromatic rings. The van der Waals surface area contributed by atoms with Crippen LogP contribution in [0, 0.1) is 0 Å². The van der Waals surface area contributed by atoms with E-state index in [2.05, 4.69) is 20.9 Å². The molecule has 5 N–H and O–H groups in total. The standard InChI is InChI=1S/C21H30N6O2S.2H2O.H2/c1-25(2)19(28)17-12-14-13-22-21(23-15-8-10-26(30-3)11-9-15)24-18(14)27(20(17)29)16-6-4-5-7-16;;;/h12-13,15-16H,4-11H2,1-3H3,(H,22,23,24);2*1H2;1H. The van der Waals surface area contributed by atoms with E-state index in [4.69, 9.17) is 4.98 Å². The maximum Gasteiger partial charge on any atom is 0.265 e. The Morgan fingerprint density at radius 2 is 1.84 bits per heavy atom. The summed E-state index contributed by atoms with van der Waals surface area (Å²) in [5.74, 6) is 0.277. The molecule has 1 amide bonds. The van der Waals surface area contributed by atoms with Gasteiger partial charge in [0.2, 0.25) is 5.95 Å². The molecule has 2 aromatic heterocycles. The zero-order chi connectivity index (χ0) is 21.3. The van der Waals surface area contributed by atoms with Crippen LogP contribution in [0.4, 0.5) is 5.95 Å². The lowest BCUT2D eigenvalue weighted by molar-refractivity contribution is 0.0825. The minimum Gasteiger partial charge on any atom is -0.412 e. The number of nitrogens with zero attached hydrogens (tertiary/aromatic N) is 5. The van der Waals surface area contributed by atoms with Crippen molar-refractivity contribution in [2.45, 2.75) is 50.6 Å². The first-order valence-corrected chi connectivity index (χ1v) is 11.9. The lowest BCUT2D eigenvalue weighted by atomic mass is 10.1. The molecule has 180 valence electrons. The van der Waals surface area contributed by atoms with Crippen molar-refractivity contribution in [1.29, 1.82) is 0 Å². The molecule has 3 heterocycles. The van der Waals surface area contributed by atoms with Crippen molar-refractivity contribution in [3.8, 4) is 0 Å². The fourth-order valence-corrected chi connectivity index (χ4v) is 5.03. The number of fused-ring (bicyclic) bond motifs is 1. The second-order valence-electron chi connectivity index (χ2n) is 8.37. The molecule has 1 saturated heterocycles. The van der Waals surface area contributed by atoms with E-state index in [1.165, 1.54) is 4.90 Å². The van der Waals surface area contributed by atoms with Crippen molar-refractivity contribution in [3.63, 3.8) is 0 Å². The second kappa shape index (κ2) is 11.1. The second-order valence-corrected chi connectivity index (χ2v) is 9.26. The predicted octanol–water partition coefficient (Wildman–Crippen LogP) is 1.36. The van der Waals surface area contributed by atoms with Gasteiger partial charge in [-0.25, -0.2) is 4.98 Å². The molecule has 32 heavy (non-hydrogen) atoms. The number of hydrogen-bond donors (Lipinski definition) is 1. The summed E-state index contributed by atoms with van der Waals surface area (Å²) >= 11 is 1.78. The van der Waals surface area contributed by atoms with Crippen LogP contribution in [-0.4, -0.2) is 80.1 Å². The number of aromatic nitrogens is 3. The van der Waals surface area contributed by atoms with Gasteiger partial charge in [-0.2, -0.15) is 4.98 Å². The quantitative estimate of drug-likeness (QED) is 0.652. The van der Waals surface area contributed by atoms with Gasteiger partial charge in [-0.3, -0.25) is 18.5 Å². The Balaban J connectivity index is 0.00000181. The van der Waals surface area contributed by atoms with E-state index < -0.39 is 0 Å². The lowest BCUT2D eigenvalue weighted by Crippen LogP contribution is -2.36. The molecular formula is C21H36N6O4S. The van der Waals surface area contributed by atoms with Gasteiger partial charge in [0.25, 0.3) is 11.5 Å². The monoisotopic (exact) mass is 468 g/mol. The largest absolute Gasteiger partial charge is 0.412 e. The Hall–Kier alpha value is -2.21. The summed E-state index contributed by atoms with van der Waals surface area (Å²) in [6.07, 6.45) is 9.98. The molecular weight excluding hydrogens is 432 g/mol. The third kappa shape index (κ3) is 5.22. The van der Waals surface area contributed by atoms with Crippen LogP contribution in [0.3, 0.4) is 0 Å². The number of rotatable bonds is 5. The molecule has 0 spiro atoms. The van der Waals surface area contributed by atoms with Crippen molar-refractivity contribution in [2.75, 3.05) is 38.8 Å². The summed E-state index contributed by atoms with van der Waals surface area (Å²) in [6, 6.07) is 2.06. The van der Waals surface area contributed by atoms with E-state index in [9.17, 15) is 9.59 Å². The van der Waals surface area contributed by atoms with Gasteiger partial charge in [0.1, 0.15) is 11.2 Å². The van der Waals surface area contributed by atoms with Gasteiger partial charge in [0.05, 0.1) is 0 Å². The van der Waals surface area contributed by atoms with Gasteiger partial charge in [-0.1, -0.05) is 24.8 Å². The first-order chi connectivity index (χ1) is 14.5. The van der Waals surface area contributed by atoms with Crippen LogP contribution in [0.15, 0.2) is 17.1 Å². The zero-order valence-electron chi connectivity index (χ0n) is 18.9. The SMILES string of the molecule is CSN1CCC(Nc2ncc3cc(C(=O)N(C)C)c(=O)n(C4CCCC4)c3n2)CC1.O.O.[HH]. The van der Waals surface area contributed by atoms with E-state index in [1.807, 2.05) is 0 Å². The summed E-state index contributed by atoms with van der Waals surface area (Å²) in [6.45, 7) is 2.07. The number of pyridine rings is 1. The number of carbonyl (C=O) groups is 1. The fourth-order valence-electron chi connectivity index (χ4n) is 4.45. The van der Waals surface area contributed by atoms with E-state index >= 15 is 0 Å². The number of nitrogens with one attached hydrogen (secondary N) is 1. The molecule has 1 saturated carbocycles. The highest BCUT2D eigenvalue weighted by molar-refractivity contribution is 7.96. The number of anilines is 1. The number of amides is 1. The van der Waals surface area contributed by atoms with Crippen molar-refractivity contribution >= 4 is 34.8 Å². The van der Waals surface area contributed by atoms with Gasteiger partial charge in [0.15, 0.2) is 0 Å². The minimum atomic E-state index is -0.281. The lowest BCUT2D eigenvalue weighted by Gasteiger charge is -2.30. The number of hydrogen-bond acceptors (Lipinski definition) is 7. The Bertz CT molecular complexity index is 991. The van der Waals surface area contributed by atoms with Crippen LogP contribution in [0.5, 0.6) is 0 Å². The van der Waals surface area contributed by atoms with Gasteiger partial charge >= 0.3 is 0 Å². The molecule has 0 aromatic carbocycles. The Morgan fingerprint density at radius 3 is 2.44 bits per heavy atom. The first-order valence-electron chi connectivity index (χ1n) is 10.7. The molecule has 0 radical (unpaired) electrons. The molecule has 0 bridgehead atoms. The van der Waals surface area contributed by atoms with E-state index in [-0.39, 0.29) is 35.5 Å². The van der Waals surface area contributed by atoms with Crippen molar-refractivity contribution in [1.82, 2.24) is 23.7 Å². The van der Waals surface area contributed by atoms with Crippen LogP contribution in [0.1, 0.15) is 56.4 Å². The molecule has 2 aliphatic rings. The Labute approximate surface area is 193 Å². The van der Waals surface area contributed by atoms with E-state index in [0.29, 0.717) is 17.6 Å². The topological polar surface area (TPSA) is 146 Å². The average Bonchev–Trinajstić information content (AvgIpc) is 3.27. The third-order valence-electron chi connectivity index (χ3n) is 6.14. The van der Waals surface area contributed by atoms with Crippen LogP contribution in [0.2, 0.25) is 0 Å². The molecule has 1 aliphatic heterocycles. The molecule has 0 unspecified atom stereocenters. The third-order valence-corrected chi connectivity index (χ3v) is 7.03. The molecule has 2 fully saturated rings. The van der Waals surface area contributed by atoms with Crippen molar-refractivity contribution in [3.05, 3.63) is 28.2 Å². The molecule has 4 rings (SSSR count). The number of carbonyl (C=O) groups excluding carboxylic acids is 1. The van der Waals surface area contributed by atoms with E-state index in [1.54, 1.807) is 42.9 Å². The molecule has 11 heteroatoms. The Kier molecular flexibility index (Phi) is 9.02. The van der Waals surface area contributed by atoms with E-state index in [0.717, 1.165) is 57.0 Å². The Morgan fingerprint density at radius 1 is 1.19 bits per heavy atom. The van der Waals surface area contributed by atoms with Crippen LogP contribution in [0.25, 0.3) is 11.0 Å². The smallest absolute Gasteiger partial charge is 0.265 e. The van der Waals surface area contributed by atoms with Gasteiger partial charge in [-0.05, 0) is 38.0 Å². The predicted molar refractivity (Wildman–Crippen MR) is 130 cm³/mol. The van der Waals surface area contributed by atoms with Crippen LogP contribution >= 0.6 is 11.9 Å². The van der Waals surface area contributed by atoms with Crippen LogP contribution < -0.4 is 10.9 Å². The van der Waals surface area contributed by atoms with Crippen molar-refractivity contribution in [2.24, 2.45) is 0 Å².